The van der Waals surface area contributed by atoms with Gasteiger partial charge in [0.25, 0.3) is 0 Å². The third kappa shape index (κ3) is 4.48. The van der Waals surface area contributed by atoms with Crippen LogP contribution < -0.4 is 4.90 Å². The van der Waals surface area contributed by atoms with E-state index in [1.165, 1.54) is 55.2 Å². The summed E-state index contributed by atoms with van der Waals surface area (Å²) in [6.45, 7) is 4.71. The molecule has 0 radical (unpaired) electrons. The van der Waals surface area contributed by atoms with E-state index in [1.807, 2.05) is 12.1 Å². The van der Waals surface area contributed by atoms with E-state index >= 15 is 0 Å². The van der Waals surface area contributed by atoms with Gasteiger partial charge in [-0.3, -0.25) is 0 Å². The fourth-order valence-corrected chi connectivity index (χ4v) is 9.06. The van der Waals surface area contributed by atoms with Crippen LogP contribution in [0.5, 0.6) is 0 Å². The van der Waals surface area contributed by atoms with Crippen molar-refractivity contribution in [1.29, 1.82) is 0 Å². The molecular formula is C51H36N2O. The third-order valence-electron chi connectivity index (χ3n) is 11.6. The minimum Gasteiger partial charge on any atom is -0.456 e. The maximum atomic E-state index is 6.48. The number of benzene rings is 8. The van der Waals surface area contributed by atoms with Gasteiger partial charge in [-0.2, -0.15) is 0 Å². The van der Waals surface area contributed by atoms with Crippen LogP contribution in [0.25, 0.3) is 71.7 Å². The molecule has 1 aliphatic carbocycles. The summed E-state index contributed by atoms with van der Waals surface area (Å²) in [5, 5.41) is 4.74. The maximum Gasteiger partial charge on any atom is 0.137 e. The van der Waals surface area contributed by atoms with Gasteiger partial charge >= 0.3 is 0 Å². The molecule has 3 nitrogen and oxygen atoms in total. The summed E-state index contributed by atoms with van der Waals surface area (Å²) in [5.41, 5.74) is 16.1. The quantitative estimate of drug-likeness (QED) is 0.179. The fourth-order valence-electron chi connectivity index (χ4n) is 9.06. The lowest BCUT2D eigenvalue weighted by Gasteiger charge is -2.27. The Kier molecular flexibility index (Phi) is 6.60. The Morgan fingerprint density at radius 1 is 0.444 bits per heavy atom. The molecule has 0 saturated carbocycles. The van der Waals surface area contributed by atoms with Crippen molar-refractivity contribution >= 4 is 60.8 Å². The molecule has 0 aliphatic heterocycles. The SMILES string of the molecule is CC1(C)c2ccc(N(c3cccc(-n4c5ccccc5c5ccccc54)c3)c3ccc4c(c3)oc3ccccc34)cc2-c2c(-c3ccccc3)cccc21. The Bertz CT molecular complexity index is 3040. The Hall–Kier alpha value is -6.84. The molecule has 10 aromatic rings. The number of fused-ring (bicyclic) bond motifs is 9. The number of aromatic nitrogens is 1. The molecule has 8 aromatic carbocycles. The molecule has 0 fully saturated rings. The fraction of sp³-hybridized carbons (Fsp3) is 0.0588. The molecule has 0 N–H and O–H groups in total. The second kappa shape index (κ2) is 11.6. The van der Waals surface area contributed by atoms with Crippen LogP contribution in [0, 0.1) is 0 Å². The van der Waals surface area contributed by atoms with Crippen LogP contribution >= 0.6 is 0 Å². The standard InChI is InChI=1S/C51H36N2O/c1-51(2)44-29-27-36(31-43(44)50-38(21-13-22-45(50)51)33-14-4-3-5-15-33)52(37-26-28-42-41-20-8-11-25-48(41)54-49(42)32-37)34-16-12-17-35(30-34)53-46-23-9-6-18-39(46)40-19-7-10-24-47(40)53/h3-32H,1-2H3. The van der Waals surface area contributed by atoms with Crippen molar-refractivity contribution in [3.8, 4) is 27.9 Å². The van der Waals surface area contributed by atoms with Crippen LogP contribution in [0.4, 0.5) is 17.1 Å². The van der Waals surface area contributed by atoms with E-state index in [4.69, 9.17) is 4.42 Å². The van der Waals surface area contributed by atoms with E-state index in [0.717, 1.165) is 44.7 Å². The molecule has 256 valence electrons. The smallest absolute Gasteiger partial charge is 0.137 e. The number of nitrogens with zero attached hydrogens (tertiary/aromatic N) is 2. The zero-order valence-corrected chi connectivity index (χ0v) is 30.1. The minimum atomic E-state index is -0.136. The Labute approximate surface area is 314 Å². The lowest BCUT2D eigenvalue weighted by atomic mass is 9.82. The minimum absolute atomic E-state index is 0.136. The van der Waals surface area contributed by atoms with Crippen molar-refractivity contribution in [2.24, 2.45) is 0 Å². The molecule has 54 heavy (non-hydrogen) atoms. The van der Waals surface area contributed by atoms with Gasteiger partial charge in [0.2, 0.25) is 0 Å². The van der Waals surface area contributed by atoms with Crippen LogP contribution in [-0.4, -0.2) is 4.57 Å². The first-order valence-electron chi connectivity index (χ1n) is 18.7. The molecule has 0 saturated heterocycles. The molecule has 0 unspecified atom stereocenters. The third-order valence-corrected chi connectivity index (χ3v) is 11.6. The molecule has 1 aliphatic rings. The summed E-state index contributed by atoms with van der Waals surface area (Å²) in [6.07, 6.45) is 0. The Morgan fingerprint density at radius 2 is 1.07 bits per heavy atom. The van der Waals surface area contributed by atoms with Gasteiger partial charge in [-0.15, -0.1) is 0 Å². The van der Waals surface area contributed by atoms with Gasteiger partial charge in [-0.05, 0) is 94.0 Å². The van der Waals surface area contributed by atoms with Crippen LogP contribution in [0.1, 0.15) is 25.0 Å². The summed E-state index contributed by atoms with van der Waals surface area (Å²) in [5.74, 6) is 0. The average molecular weight is 693 g/mol. The highest BCUT2D eigenvalue weighted by atomic mass is 16.3. The molecule has 0 spiro atoms. The van der Waals surface area contributed by atoms with Gasteiger partial charge in [0, 0.05) is 55.8 Å². The molecule has 3 heteroatoms. The van der Waals surface area contributed by atoms with Crippen LogP contribution in [-0.2, 0) is 5.41 Å². The summed E-state index contributed by atoms with van der Waals surface area (Å²) < 4.78 is 8.87. The molecule has 2 aromatic heterocycles. The number of para-hydroxylation sites is 3. The number of hydrogen-bond donors (Lipinski definition) is 0. The van der Waals surface area contributed by atoms with Crippen LogP contribution in [0.2, 0.25) is 0 Å². The Morgan fingerprint density at radius 3 is 1.87 bits per heavy atom. The predicted octanol–water partition coefficient (Wildman–Crippen LogP) is 14.1. The molecule has 0 atom stereocenters. The number of anilines is 3. The lowest BCUT2D eigenvalue weighted by Crippen LogP contribution is -2.15. The Balaban J connectivity index is 1.15. The van der Waals surface area contributed by atoms with E-state index in [9.17, 15) is 0 Å². The van der Waals surface area contributed by atoms with Gasteiger partial charge in [-0.1, -0.05) is 129 Å². The predicted molar refractivity (Wildman–Crippen MR) is 226 cm³/mol. The van der Waals surface area contributed by atoms with E-state index in [-0.39, 0.29) is 5.41 Å². The first kappa shape index (κ1) is 30.8. The lowest BCUT2D eigenvalue weighted by molar-refractivity contribution is 0.660. The van der Waals surface area contributed by atoms with Gasteiger partial charge in [0.15, 0.2) is 0 Å². The zero-order chi connectivity index (χ0) is 36.0. The van der Waals surface area contributed by atoms with Crippen molar-refractivity contribution in [3.05, 3.63) is 193 Å². The molecule has 2 heterocycles. The summed E-state index contributed by atoms with van der Waals surface area (Å²) >= 11 is 0. The van der Waals surface area contributed by atoms with E-state index in [2.05, 4.69) is 193 Å². The van der Waals surface area contributed by atoms with Gasteiger partial charge < -0.3 is 13.9 Å². The highest BCUT2D eigenvalue weighted by Crippen LogP contribution is 2.54. The van der Waals surface area contributed by atoms with E-state index in [0.29, 0.717) is 0 Å². The maximum absolute atomic E-state index is 6.48. The van der Waals surface area contributed by atoms with Crippen molar-refractivity contribution < 1.29 is 4.42 Å². The largest absolute Gasteiger partial charge is 0.456 e. The van der Waals surface area contributed by atoms with Gasteiger partial charge in [0.05, 0.1) is 11.0 Å². The van der Waals surface area contributed by atoms with E-state index < -0.39 is 0 Å². The van der Waals surface area contributed by atoms with Crippen LogP contribution in [0.15, 0.2) is 186 Å². The molecule has 0 bridgehead atoms. The van der Waals surface area contributed by atoms with Crippen molar-refractivity contribution in [1.82, 2.24) is 4.57 Å². The topological polar surface area (TPSA) is 21.3 Å². The zero-order valence-electron chi connectivity index (χ0n) is 30.1. The number of rotatable bonds is 5. The second-order valence-corrected chi connectivity index (χ2v) is 15.0. The molecule has 11 rings (SSSR count). The summed E-state index contributed by atoms with van der Waals surface area (Å²) in [6, 6.07) is 65.9. The highest BCUT2D eigenvalue weighted by Gasteiger charge is 2.37. The monoisotopic (exact) mass is 692 g/mol. The van der Waals surface area contributed by atoms with Crippen LogP contribution in [0.3, 0.4) is 0 Å². The van der Waals surface area contributed by atoms with Crippen molar-refractivity contribution in [2.45, 2.75) is 19.3 Å². The first-order valence-corrected chi connectivity index (χ1v) is 18.7. The summed E-state index contributed by atoms with van der Waals surface area (Å²) in [7, 11) is 0. The highest BCUT2D eigenvalue weighted by molar-refractivity contribution is 6.09. The number of hydrogen-bond acceptors (Lipinski definition) is 2. The first-order chi connectivity index (χ1) is 26.5. The number of furan rings is 1. The average Bonchev–Trinajstić information content (AvgIpc) is 3.83. The second-order valence-electron chi connectivity index (χ2n) is 15.0. The van der Waals surface area contributed by atoms with Gasteiger partial charge in [0.1, 0.15) is 11.2 Å². The summed E-state index contributed by atoms with van der Waals surface area (Å²) in [4.78, 5) is 2.39. The van der Waals surface area contributed by atoms with Gasteiger partial charge in [-0.25, -0.2) is 0 Å². The molecule has 0 amide bonds. The van der Waals surface area contributed by atoms with E-state index in [1.54, 1.807) is 0 Å². The normalized spacial score (nSPS) is 13.1. The van der Waals surface area contributed by atoms with Crippen molar-refractivity contribution in [2.75, 3.05) is 4.90 Å². The van der Waals surface area contributed by atoms with Crippen molar-refractivity contribution in [3.63, 3.8) is 0 Å². The molecular weight excluding hydrogens is 657 g/mol.